The van der Waals surface area contributed by atoms with E-state index in [1.807, 2.05) is 0 Å². The van der Waals surface area contributed by atoms with Gasteiger partial charge in [0.25, 0.3) is 0 Å². The Hall–Kier alpha value is -2.74. The fraction of sp³-hybridized carbons (Fsp3) is 0.389. The van der Waals surface area contributed by atoms with Gasteiger partial charge in [-0.3, -0.25) is 4.79 Å². The number of ether oxygens (including phenoxy) is 1. The third-order valence-electron chi connectivity index (χ3n) is 3.60. The van der Waals surface area contributed by atoms with E-state index in [1.54, 1.807) is 25.1 Å². The van der Waals surface area contributed by atoms with Crippen molar-refractivity contribution < 1.29 is 28.2 Å². The summed E-state index contributed by atoms with van der Waals surface area (Å²) in [5.74, 6) is -1.05. The fourth-order valence-electron chi connectivity index (χ4n) is 2.15. The van der Waals surface area contributed by atoms with Gasteiger partial charge in [-0.25, -0.2) is 14.2 Å². The Morgan fingerprint density at radius 2 is 2.12 bits per heavy atom. The van der Waals surface area contributed by atoms with Crippen LogP contribution in [0.15, 0.2) is 34.9 Å². The van der Waals surface area contributed by atoms with Gasteiger partial charge in [0.05, 0.1) is 24.9 Å². The molecule has 2 N–H and O–H groups in total. The van der Waals surface area contributed by atoms with Crippen LogP contribution in [0.3, 0.4) is 0 Å². The molecule has 0 aliphatic carbocycles. The molecule has 0 radical (unpaired) electrons. The molecule has 0 spiro atoms. The molecule has 0 aliphatic heterocycles. The lowest BCUT2D eigenvalue weighted by Crippen LogP contribution is -2.47. The number of aliphatic hydroxyl groups is 1. The number of aromatic nitrogens is 1. The first kappa shape index (κ1) is 19.6. The quantitative estimate of drug-likeness (QED) is 0.693. The van der Waals surface area contributed by atoms with Crippen molar-refractivity contribution in [2.24, 2.45) is 0 Å². The summed E-state index contributed by atoms with van der Waals surface area (Å²) in [4.78, 5) is 27.4. The van der Waals surface area contributed by atoms with Crippen molar-refractivity contribution in [1.82, 2.24) is 10.3 Å². The molecule has 0 saturated carbocycles. The summed E-state index contributed by atoms with van der Waals surface area (Å²) in [5, 5.41) is 12.4. The number of esters is 1. The van der Waals surface area contributed by atoms with Gasteiger partial charge in [0.15, 0.2) is 17.3 Å². The smallest absolute Gasteiger partial charge is 0.339 e. The van der Waals surface area contributed by atoms with Crippen LogP contribution in [0.1, 0.15) is 26.2 Å². The third kappa shape index (κ3) is 5.13. The predicted octanol–water partition coefficient (Wildman–Crippen LogP) is 1.84. The number of nitrogens with zero attached hydrogens (tertiary/aromatic N) is 1. The van der Waals surface area contributed by atoms with E-state index in [2.05, 4.69) is 10.3 Å². The maximum atomic E-state index is 13.7. The first-order chi connectivity index (χ1) is 12.3. The molecule has 1 heterocycles. The lowest BCUT2D eigenvalue weighted by molar-refractivity contribution is -0.162. The second-order valence-corrected chi connectivity index (χ2v) is 5.87. The van der Waals surface area contributed by atoms with Crippen LogP contribution < -0.4 is 5.32 Å². The molecule has 1 unspecified atom stereocenters. The van der Waals surface area contributed by atoms with Crippen LogP contribution in [0, 0.1) is 5.82 Å². The molecule has 1 amide bonds. The minimum absolute atomic E-state index is 0.0378. The highest BCUT2D eigenvalue weighted by molar-refractivity contribution is 5.81. The first-order valence-corrected chi connectivity index (χ1v) is 8.19. The van der Waals surface area contributed by atoms with E-state index in [0.29, 0.717) is 5.56 Å². The number of carbonyl (C=O) groups excluding carboxylic acids is 2. The lowest BCUT2D eigenvalue weighted by Gasteiger charge is -2.21. The Morgan fingerprint density at radius 3 is 2.81 bits per heavy atom. The van der Waals surface area contributed by atoms with Crippen LogP contribution in [-0.2, 0) is 20.7 Å². The van der Waals surface area contributed by atoms with E-state index in [9.17, 15) is 19.1 Å². The van der Waals surface area contributed by atoms with Gasteiger partial charge in [-0.15, -0.1) is 0 Å². The number of oxazole rings is 1. The number of amides is 1. The van der Waals surface area contributed by atoms with E-state index >= 15 is 0 Å². The van der Waals surface area contributed by atoms with Crippen LogP contribution in [-0.4, -0.2) is 40.7 Å². The van der Waals surface area contributed by atoms with Crippen LogP contribution in [0.5, 0.6) is 0 Å². The Labute approximate surface area is 150 Å². The van der Waals surface area contributed by atoms with Crippen molar-refractivity contribution in [3.8, 4) is 11.3 Å². The van der Waals surface area contributed by atoms with E-state index in [1.165, 1.54) is 19.2 Å². The summed E-state index contributed by atoms with van der Waals surface area (Å²) in [7, 11) is 0. The minimum atomic E-state index is -1.80. The lowest BCUT2D eigenvalue weighted by atomic mass is 10.1. The van der Waals surface area contributed by atoms with Crippen molar-refractivity contribution in [3.05, 3.63) is 42.2 Å². The Balaban J connectivity index is 1.85. The zero-order valence-electron chi connectivity index (χ0n) is 14.6. The summed E-state index contributed by atoms with van der Waals surface area (Å²) < 4.78 is 23.9. The minimum Gasteiger partial charge on any atom is -0.464 e. The summed E-state index contributed by atoms with van der Waals surface area (Å²) in [5.41, 5.74) is -1.51. The molecular weight excluding hydrogens is 343 g/mol. The maximum Gasteiger partial charge on any atom is 0.339 e. The van der Waals surface area contributed by atoms with E-state index in [0.717, 1.165) is 0 Å². The second kappa shape index (κ2) is 8.57. The average Bonchev–Trinajstić information content (AvgIpc) is 3.07. The average molecular weight is 364 g/mol. The number of hydrogen-bond acceptors (Lipinski definition) is 6. The highest BCUT2D eigenvalue weighted by Gasteiger charge is 2.32. The molecule has 2 rings (SSSR count). The predicted molar refractivity (Wildman–Crippen MR) is 90.5 cm³/mol. The Bertz CT molecular complexity index is 772. The zero-order chi connectivity index (χ0) is 19.2. The van der Waals surface area contributed by atoms with E-state index in [4.69, 9.17) is 9.15 Å². The number of hydrogen-bond donors (Lipinski definition) is 2. The van der Waals surface area contributed by atoms with Crippen molar-refractivity contribution in [1.29, 1.82) is 0 Å². The Kier molecular flexibility index (Phi) is 6.46. The largest absolute Gasteiger partial charge is 0.464 e. The van der Waals surface area contributed by atoms with Crippen LogP contribution in [0.4, 0.5) is 4.39 Å². The van der Waals surface area contributed by atoms with Crippen molar-refractivity contribution in [2.75, 3.05) is 13.2 Å². The molecule has 0 saturated heterocycles. The molecule has 140 valence electrons. The highest BCUT2D eigenvalue weighted by Crippen LogP contribution is 2.23. The van der Waals surface area contributed by atoms with Gasteiger partial charge < -0.3 is 19.6 Å². The van der Waals surface area contributed by atoms with Crippen LogP contribution in [0.25, 0.3) is 11.3 Å². The molecule has 1 atom stereocenters. The highest BCUT2D eigenvalue weighted by atomic mass is 19.1. The topological polar surface area (TPSA) is 102 Å². The normalized spacial score (nSPS) is 13.1. The molecule has 7 nitrogen and oxygen atoms in total. The molecule has 26 heavy (non-hydrogen) atoms. The number of halogens is 1. The number of nitrogens with one attached hydrogen (secondary N) is 1. The summed E-state index contributed by atoms with van der Waals surface area (Å²) in [6.45, 7) is 2.76. The fourth-order valence-corrected chi connectivity index (χ4v) is 2.15. The summed E-state index contributed by atoms with van der Waals surface area (Å²) in [6.07, 6.45) is 1.63. The summed E-state index contributed by atoms with van der Waals surface area (Å²) in [6, 6.07) is 6.15. The number of benzene rings is 1. The van der Waals surface area contributed by atoms with Gasteiger partial charge >= 0.3 is 5.97 Å². The van der Waals surface area contributed by atoms with Crippen LogP contribution >= 0.6 is 0 Å². The van der Waals surface area contributed by atoms with Gasteiger partial charge in [0.1, 0.15) is 5.82 Å². The van der Waals surface area contributed by atoms with Crippen molar-refractivity contribution in [2.45, 2.75) is 32.3 Å². The van der Waals surface area contributed by atoms with Gasteiger partial charge in [-0.1, -0.05) is 12.1 Å². The second-order valence-electron chi connectivity index (χ2n) is 5.87. The molecule has 1 aromatic heterocycles. The van der Waals surface area contributed by atoms with E-state index in [-0.39, 0.29) is 43.6 Å². The molecule has 0 aliphatic rings. The van der Waals surface area contributed by atoms with Gasteiger partial charge in [-0.05, 0) is 26.0 Å². The van der Waals surface area contributed by atoms with Crippen molar-refractivity contribution >= 4 is 11.9 Å². The molecule has 0 fully saturated rings. The molecule has 8 heteroatoms. The number of carbonyl (C=O) groups is 2. The molecular formula is C18H21FN2O5. The number of aryl methyl sites for hydroxylation is 1. The SMILES string of the molecule is CCOC(=O)C(C)(O)CNC(=O)CCc1ncc(-c2ccccc2F)o1. The Morgan fingerprint density at radius 1 is 1.38 bits per heavy atom. The first-order valence-electron chi connectivity index (χ1n) is 8.19. The zero-order valence-corrected chi connectivity index (χ0v) is 14.6. The van der Waals surface area contributed by atoms with Gasteiger partial charge in [0, 0.05) is 12.8 Å². The van der Waals surface area contributed by atoms with Crippen molar-refractivity contribution in [3.63, 3.8) is 0 Å². The molecule has 0 bridgehead atoms. The maximum absolute atomic E-state index is 13.7. The third-order valence-corrected chi connectivity index (χ3v) is 3.60. The van der Waals surface area contributed by atoms with Gasteiger partial charge in [-0.2, -0.15) is 0 Å². The number of rotatable bonds is 8. The molecule has 1 aromatic carbocycles. The van der Waals surface area contributed by atoms with Gasteiger partial charge in [0.2, 0.25) is 5.91 Å². The standard InChI is InChI=1S/C18H21FN2O5/c1-3-25-17(23)18(2,24)11-21-15(22)8-9-16-20-10-14(26-16)12-6-4-5-7-13(12)19/h4-7,10,24H,3,8-9,11H2,1-2H3,(H,21,22). The molecule has 2 aromatic rings. The van der Waals surface area contributed by atoms with Crippen LogP contribution in [0.2, 0.25) is 0 Å². The monoisotopic (exact) mass is 364 g/mol. The summed E-state index contributed by atoms with van der Waals surface area (Å²) >= 11 is 0. The van der Waals surface area contributed by atoms with E-state index < -0.39 is 17.4 Å².